The van der Waals surface area contributed by atoms with E-state index in [1.807, 2.05) is 25.0 Å². The Kier molecular flexibility index (Phi) is 6.20. The van der Waals surface area contributed by atoms with Gasteiger partial charge < -0.3 is 9.64 Å². The number of rotatable bonds is 0. The fraction of sp³-hybridized carbons (Fsp3) is 0.867. The second-order valence-corrected chi connectivity index (χ2v) is 12.5. The molecule has 2 nitrogen and oxygen atoms in total. The molecule has 0 amide bonds. The maximum absolute atomic E-state index is 7.04. The normalized spacial score (nSPS) is 50.1. The fourth-order valence-corrected chi connectivity index (χ4v) is 9.49. The molecule has 32 heavy (non-hydrogen) atoms. The van der Waals surface area contributed by atoms with Crippen molar-refractivity contribution in [2.24, 2.45) is 35.0 Å². The molecule has 2 saturated carbocycles. The summed E-state index contributed by atoms with van der Waals surface area (Å²) in [7, 11) is 2.35. The second-order valence-electron chi connectivity index (χ2n) is 12.5. The lowest BCUT2D eigenvalue weighted by Crippen LogP contribution is -2.49. The molecule has 1 spiro atoms. The Labute approximate surface area is 198 Å². The number of hydrogen-bond acceptors (Lipinski definition) is 2. The zero-order chi connectivity index (χ0) is 22.7. The monoisotopic (exact) mass is 439 g/mol. The predicted octanol–water partition coefficient (Wildman–Crippen LogP) is 7.40. The maximum atomic E-state index is 7.04. The van der Waals surface area contributed by atoms with Gasteiger partial charge in [-0.15, -0.1) is 0 Å². The molecule has 0 radical (unpaired) electrons. The average Bonchev–Trinajstić information content (AvgIpc) is 3.20. The van der Waals surface area contributed by atoms with E-state index in [9.17, 15) is 0 Å². The van der Waals surface area contributed by atoms with Gasteiger partial charge in [0, 0.05) is 18.5 Å². The van der Waals surface area contributed by atoms with Gasteiger partial charge in [-0.1, -0.05) is 57.9 Å². The van der Waals surface area contributed by atoms with E-state index in [-0.39, 0.29) is 5.60 Å². The molecule has 4 aliphatic carbocycles. The van der Waals surface area contributed by atoms with Crippen LogP contribution in [0, 0.1) is 35.0 Å². The van der Waals surface area contributed by atoms with Crippen molar-refractivity contribution in [3.63, 3.8) is 0 Å². The van der Waals surface area contributed by atoms with Crippen LogP contribution >= 0.6 is 0 Å². The van der Waals surface area contributed by atoms with Crippen LogP contribution < -0.4 is 0 Å². The van der Waals surface area contributed by atoms with Crippen LogP contribution in [0.25, 0.3) is 0 Å². The number of hydrogen-bond donors (Lipinski definition) is 0. The quantitative estimate of drug-likeness (QED) is 0.365. The van der Waals surface area contributed by atoms with Crippen LogP contribution in [-0.2, 0) is 4.74 Å². The van der Waals surface area contributed by atoms with E-state index in [4.69, 9.17) is 4.74 Å². The molecule has 0 aromatic rings. The summed E-state index contributed by atoms with van der Waals surface area (Å²) in [5.74, 6) is 4.13. The van der Waals surface area contributed by atoms with Crippen LogP contribution in [0.4, 0.5) is 0 Å². The highest BCUT2D eigenvalue weighted by Gasteiger charge is 2.58. The first-order valence-corrected chi connectivity index (χ1v) is 14.2. The molecule has 180 valence electrons. The van der Waals surface area contributed by atoms with Gasteiger partial charge in [-0.3, -0.25) is 0 Å². The van der Waals surface area contributed by atoms with Crippen LogP contribution in [0.1, 0.15) is 98.8 Å². The molecule has 4 fully saturated rings. The van der Waals surface area contributed by atoms with Crippen LogP contribution in [0.2, 0.25) is 0 Å². The van der Waals surface area contributed by atoms with Crippen molar-refractivity contribution in [1.82, 2.24) is 4.90 Å². The highest BCUT2D eigenvalue weighted by Crippen LogP contribution is 2.63. The Hall–Kier alpha value is -0.600. The SMILES string of the molecule is CC.CC1CC2OC3(CC=C4CC5C(CCC6=CCCCC65C)C4CC3)[C@H](C)C2N(C)C1. The molecule has 8 unspecified atom stereocenters. The number of fused-ring (bicyclic) bond motifs is 6. The Bertz CT molecular complexity index is 769. The molecule has 6 aliphatic rings. The molecule has 9 atom stereocenters. The number of piperidine rings is 1. The number of likely N-dealkylation sites (N-methyl/N-ethyl adjacent to an activating group) is 1. The van der Waals surface area contributed by atoms with Gasteiger partial charge in [-0.05, 0) is 100 Å². The van der Waals surface area contributed by atoms with Crippen molar-refractivity contribution in [1.29, 1.82) is 0 Å². The summed E-state index contributed by atoms with van der Waals surface area (Å²) in [5.41, 5.74) is 4.28. The largest absolute Gasteiger partial charge is 0.369 e. The van der Waals surface area contributed by atoms with Gasteiger partial charge in [0.2, 0.25) is 0 Å². The summed E-state index contributed by atoms with van der Waals surface area (Å²) in [6, 6.07) is 0.633. The van der Waals surface area contributed by atoms with Crippen molar-refractivity contribution >= 4 is 0 Å². The third kappa shape index (κ3) is 3.41. The van der Waals surface area contributed by atoms with Gasteiger partial charge in [0.05, 0.1) is 11.7 Å². The van der Waals surface area contributed by atoms with Crippen molar-refractivity contribution in [3.8, 4) is 0 Å². The van der Waals surface area contributed by atoms with E-state index in [0.29, 0.717) is 23.5 Å². The minimum Gasteiger partial charge on any atom is -0.369 e. The van der Waals surface area contributed by atoms with Crippen LogP contribution in [0.3, 0.4) is 0 Å². The van der Waals surface area contributed by atoms with E-state index < -0.39 is 0 Å². The van der Waals surface area contributed by atoms with E-state index in [2.05, 4.69) is 44.9 Å². The lowest BCUT2D eigenvalue weighted by molar-refractivity contribution is -0.0766. The first-order valence-electron chi connectivity index (χ1n) is 14.2. The second kappa shape index (κ2) is 8.56. The lowest BCUT2D eigenvalue weighted by Gasteiger charge is -2.48. The summed E-state index contributed by atoms with van der Waals surface area (Å²) in [6.45, 7) is 12.8. The fourth-order valence-electron chi connectivity index (χ4n) is 9.49. The van der Waals surface area contributed by atoms with Crippen LogP contribution in [0.5, 0.6) is 0 Å². The summed E-state index contributed by atoms with van der Waals surface area (Å²) in [6.07, 6.45) is 19.3. The molecule has 0 aromatic carbocycles. The third-order valence-corrected chi connectivity index (χ3v) is 11.0. The van der Waals surface area contributed by atoms with E-state index in [1.54, 1.807) is 0 Å². The first kappa shape index (κ1) is 23.2. The first-order chi connectivity index (χ1) is 15.4. The minimum atomic E-state index is 0.106. The van der Waals surface area contributed by atoms with Crippen molar-refractivity contribution < 1.29 is 4.74 Å². The highest BCUT2D eigenvalue weighted by atomic mass is 16.5. The summed E-state index contributed by atoms with van der Waals surface area (Å²) < 4.78 is 7.04. The zero-order valence-corrected chi connectivity index (χ0v) is 21.8. The van der Waals surface area contributed by atoms with Gasteiger partial charge >= 0.3 is 0 Å². The summed E-state index contributed by atoms with van der Waals surface area (Å²) in [4.78, 5) is 2.63. The van der Waals surface area contributed by atoms with Crippen molar-refractivity contribution in [2.75, 3.05) is 13.6 Å². The minimum absolute atomic E-state index is 0.106. The Morgan fingerprint density at radius 3 is 2.72 bits per heavy atom. The number of nitrogens with zero attached hydrogens (tertiary/aromatic N) is 1. The van der Waals surface area contributed by atoms with Gasteiger partial charge in [0.15, 0.2) is 0 Å². The van der Waals surface area contributed by atoms with E-state index in [0.717, 1.165) is 23.7 Å². The molecule has 2 aliphatic heterocycles. The Morgan fingerprint density at radius 2 is 1.91 bits per heavy atom. The summed E-state index contributed by atoms with van der Waals surface area (Å²) in [5, 5.41) is 0. The molecular weight excluding hydrogens is 390 g/mol. The van der Waals surface area contributed by atoms with Crippen LogP contribution in [-0.4, -0.2) is 36.2 Å². The van der Waals surface area contributed by atoms with Gasteiger partial charge in [-0.25, -0.2) is 0 Å². The predicted molar refractivity (Wildman–Crippen MR) is 135 cm³/mol. The Balaban J connectivity index is 0.00000105. The number of allylic oxidation sites excluding steroid dienone is 3. The number of ether oxygens (including phenoxy) is 1. The standard InChI is InChI=1S/C28H43NO.C2H6/c1-18-15-25-26(29(4)17-18)19(2)28(30-25)13-10-20-16-24-23(22(20)11-14-28)9-8-21-7-5-6-12-27(21,24)3;1-2/h7,10,18-19,22-26H,5-6,8-9,11-17H2,1-4H3;1-2H3/t18?,19-,22?,23?,24?,25?,26?,27?,28?;/m1./s1. The third-order valence-electron chi connectivity index (χ3n) is 11.0. The van der Waals surface area contributed by atoms with E-state index >= 15 is 0 Å². The van der Waals surface area contributed by atoms with Gasteiger partial charge in [0.25, 0.3) is 0 Å². The van der Waals surface area contributed by atoms with E-state index in [1.165, 1.54) is 70.8 Å². The van der Waals surface area contributed by atoms with Crippen molar-refractivity contribution in [2.45, 2.75) is 117 Å². The molecule has 2 heterocycles. The molecule has 2 saturated heterocycles. The molecule has 0 N–H and O–H groups in total. The highest BCUT2D eigenvalue weighted by molar-refractivity contribution is 5.30. The molecular formula is C30H49NO. The maximum Gasteiger partial charge on any atom is 0.0762 e. The molecule has 6 rings (SSSR count). The van der Waals surface area contributed by atoms with Gasteiger partial charge in [-0.2, -0.15) is 0 Å². The van der Waals surface area contributed by atoms with Gasteiger partial charge in [0.1, 0.15) is 0 Å². The lowest BCUT2D eigenvalue weighted by atomic mass is 9.56. The Morgan fingerprint density at radius 1 is 1.09 bits per heavy atom. The molecule has 2 heteroatoms. The average molecular weight is 440 g/mol. The smallest absolute Gasteiger partial charge is 0.0762 e. The molecule has 0 aromatic heterocycles. The topological polar surface area (TPSA) is 12.5 Å². The molecule has 0 bridgehead atoms. The number of likely N-dealkylation sites (tertiary alicyclic amines) is 1. The summed E-state index contributed by atoms with van der Waals surface area (Å²) >= 11 is 0. The van der Waals surface area contributed by atoms with Crippen molar-refractivity contribution in [3.05, 3.63) is 23.3 Å². The zero-order valence-electron chi connectivity index (χ0n) is 21.8. The van der Waals surface area contributed by atoms with Crippen LogP contribution in [0.15, 0.2) is 23.3 Å².